The van der Waals surface area contributed by atoms with Crippen LogP contribution < -0.4 is 4.90 Å². The van der Waals surface area contributed by atoms with Crippen LogP contribution >= 0.6 is 0 Å². The van der Waals surface area contributed by atoms with E-state index in [9.17, 15) is 9.18 Å². The molecule has 2 fully saturated rings. The number of carbonyl (C=O) groups excluding carboxylic acids is 1. The van der Waals surface area contributed by atoms with Crippen LogP contribution in [0, 0.1) is 11.7 Å². The van der Waals surface area contributed by atoms with Gasteiger partial charge >= 0.3 is 0 Å². The fraction of sp³-hybridized carbons (Fsp3) is 0.462. The van der Waals surface area contributed by atoms with Crippen molar-refractivity contribution in [2.24, 2.45) is 5.92 Å². The SMILES string of the molecule is O=C(C1CCN(c2nc3ccccc3o2)CC1)N(CCc1ccc(F)cc1)C1CCCC1. The molecular weight excluding hydrogens is 405 g/mol. The Hall–Kier alpha value is -2.89. The zero-order valence-electron chi connectivity index (χ0n) is 18.4. The van der Waals surface area contributed by atoms with Crippen LogP contribution in [0.3, 0.4) is 0 Å². The fourth-order valence-corrected chi connectivity index (χ4v) is 5.14. The first-order valence-electron chi connectivity index (χ1n) is 11.8. The van der Waals surface area contributed by atoms with Crippen molar-refractivity contribution in [1.82, 2.24) is 9.88 Å². The number of halogens is 1. The smallest absolute Gasteiger partial charge is 0.298 e. The van der Waals surface area contributed by atoms with Crippen LogP contribution in [0.25, 0.3) is 11.1 Å². The normalized spacial score (nSPS) is 17.8. The predicted molar refractivity (Wildman–Crippen MR) is 123 cm³/mol. The Labute approximate surface area is 188 Å². The number of hydrogen-bond acceptors (Lipinski definition) is 4. The van der Waals surface area contributed by atoms with Crippen LogP contribution in [0.5, 0.6) is 0 Å². The van der Waals surface area contributed by atoms with Crippen molar-refractivity contribution in [2.45, 2.75) is 51.0 Å². The van der Waals surface area contributed by atoms with E-state index in [1.807, 2.05) is 36.4 Å². The highest BCUT2D eigenvalue weighted by Gasteiger charge is 2.34. The number of rotatable bonds is 6. The summed E-state index contributed by atoms with van der Waals surface area (Å²) < 4.78 is 19.2. The molecule has 0 spiro atoms. The Kier molecular flexibility index (Phi) is 6.10. The second kappa shape index (κ2) is 9.31. The summed E-state index contributed by atoms with van der Waals surface area (Å²) in [5.41, 5.74) is 2.75. The molecule has 1 amide bonds. The second-order valence-electron chi connectivity index (χ2n) is 9.07. The first-order chi connectivity index (χ1) is 15.7. The maximum Gasteiger partial charge on any atom is 0.298 e. The first-order valence-corrected chi connectivity index (χ1v) is 11.8. The Bertz CT molecular complexity index is 1020. The predicted octanol–water partition coefficient (Wildman–Crippen LogP) is 5.20. The Morgan fingerprint density at radius 1 is 1.03 bits per heavy atom. The lowest BCUT2D eigenvalue weighted by molar-refractivity contribution is -0.138. The maximum absolute atomic E-state index is 13.6. The Morgan fingerprint density at radius 3 is 2.47 bits per heavy atom. The summed E-state index contributed by atoms with van der Waals surface area (Å²) in [6.45, 7) is 2.26. The van der Waals surface area contributed by atoms with E-state index in [0.29, 0.717) is 18.6 Å². The number of fused-ring (bicyclic) bond motifs is 1. The molecule has 5 rings (SSSR count). The number of piperidine rings is 1. The maximum atomic E-state index is 13.6. The number of anilines is 1. The number of nitrogens with zero attached hydrogens (tertiary/aromatic N) is 3. The van der Waals surface area contributed by atoms with Crippen LogP contribution in [0.15, 0.2) is 52.9 Å². The molecule has 0 atom stereocenters. The van der Waals surface area contributed by atoms with Crippen LogP contribution in [-0.2, 0) is 11.2 Å². The molecule has 2 aromatic carbocycles. The van der Waals surface area contributed by atoms with Crippen molar-refractivity contribution in [1.29, 1.82) is 0 Å². The van der Waals surface area contributed by atoms with Crippen molar-refractivity contribution in [3.8, 4) is 0 Å². The van der Waals surface area contributed by atoms with E-state index in [2.05, 4.69) is 14.8 Å². The fourth-order valence-electron chi connectivity index (χ4n) is 5.14. The minimum absolute atomic E-state index is 0.0458. The summed E-state index contributed by atoms with van der Waals surface area (Å²) in [5.74, 6) is 0.115. The van der Waals surface area contributed by atoms with Gasteiger partial charge in [-0.1, -0.05) is 37.1 Å². The Morgan fingerprint density at radius 2 is 1.75 bits per heavy atom. The van der Waals surface area contributed by atoms with E-state index in [0.717, 1.165) is 61.9 Å². The molecule has 168 valence electrons. The van der Waals surface area contributed by atoms with Gasteiger partial charge in [0, 0.05) is 31.6 Å². The molecule has 0 N–H and O–H groups in total. The lowest BCUT2D eigenvalue weighted by atomic mass is 9.94. The second-order valence-corrected chi connectivity index (χ2v) is 9.07. The molecule has 1 aliphatic carbocycles. The summed E-state index contributed by atoms with van der Waals surface area (Å²) in [7, 11) is 0. The van der Waals surface area contributed by atoms with Crippen molar-refractivity contribution < 1.29 is 13.6 Å². The number of amides is 1. The largest absolute Gasteiger partial charge is 0.423 e. The Balaban J connectivity index is 1.23. The van der Waals surface area contributed by atoms with Crippen LogP contribution in [-0.4, -0.2) is 41.5 Å². The molecule has 2 heterocycles. The molecule has 1 saturated heterocycles. The first kappa shape index (κ1) is 21.0. The van der Waals surface area contributed by atoms with Gasteiger partial charge in [0.05, 0.1) is 0 Å². The van der Waals surface area contributed by atoms with Gasteiger partial charge in [0.1, 0.15) is 11.3 Å². The monoisotopic (exact) mass is 435 g/mol. The van der Waals surface area contributed by atoms with Gasteiger partial charge in [0.25, 0.3) is 6.01 Å². The lowest BCUT2D eigenvalue weighted by Crippen LogP contribution is -2.47. The molecule has 1 aromatic heterocycles. The number of hydrogen-bond donors (Lipinski definition) is 0. The number of carbonyl (C=O) groups is 1. The molecular formula is C26H30FN3O2. The zero-order chi connectivity index (χ0) is 21.9. The molecule has 32 heavy (non-hydrogen) atoms. The minimum Gasteiger partial charge on any atom is -0.423 e. The molecule has 1 aliphatic heterocycles. The van der Waals surface area contributed by atoms with Gasteiger partial charge in [-0.25, -0.2) is 4.39 Å². The van der Waals surface area contributed by atoms with Gasteiger partial charge < -0.3 is 14.2 Å². The third kappa shape index (κ3) is 4.50. The van der Waals surface area contributed by atoms with E-state index in [1.54, 1.807) is 0 Å². The highest BCUT2D eigenvalue weighted by atomic mass is 19.1. The summed E-state index contributed by atoms with van der Waals surface area (Å²) in [5, 5.41) is 0. The van der Waals surface area contributed by atoms with E-state index < -0.39 is 0 Å². The lowest BCUT2D eigenvalue weighted by Gasteiger charge is -2.36. The van der Waals surface area contributed by atoms with Gasteiger partial charge in [0.2, 0.25) is 5.91 Å². The highest BCUT2D eigenvalue weighted by Crippen LogP contribution is 2.30. The molecule has 3 aromatic rings. The quantitative estimate of drug-likeness (QED) is 0.534. The van der Waals surface area contributed by atoms with Gasteiger partial charge in [0.15, 0.2) is 5.58 Å². The molecule has 0 unspecified atom stereocenters. The van der Waals surface area contributed by atoms with Gasteiger partial charge in [-0.05, 0) is 61.9 Å². The molecule has 1 saturated carbocycles. The van der Waals surface area contributed by atoms with Crippen molar-refractivity contribution >= 4 is 23.0 Å². The topological polar surface area (TPSA) is 49.6 Å². The third-order valence-electron chi connectivity index (χ3n) is 7.00. The van der Waals surface area contributed by atoms with E-state index in [-0.39, 0.29) is 17.6 Å². The van der Waals surface area contributed by atoms with Crippen LogP contribution in [0.4, 0.5) is 10.4 Å². The number of benzene rings is 2. The molecule has 0 radical (unpaired) electrons. The number of para-hydroxylation sites is 2. The standard InChI is InChI=1S/C26H30FN3O2/c27-21-11-9-19(10-12-21)13-18-30(22-5-1-2-6-22)25(31)20-14-16-29(17-15-20)26-28-23-7-3-4-8-24(23)32-26/h3-4,7-12,20,22H,1-2,5-6,13-18H2. The molecule has 0 bridgehead atoms. The van der Waals surface area contributed by atoms with Crippen LogP contribution in [0.1, 0.15) is 44.1 Å². The van der Waals surface area contributed by atoms with E-state index in [1.165, 1.54) is 25.0 Å². The van der Waals surface area contributed by atoms with Gasteiger partial charge in [-0.15, -0.1) is 0 Å². The van der Waals surface area contributed by atoms with Gasteiger partial charge in [-0.2, -0.15) is 4.98 Å². The number of oxazole rings is 1. The summed E-state index contributed by atoms with van der Waals surface area (Å²) in [6.07, 6.45) is 6.98. The van der Waals surface area contributed by atoms with Crippen molar-refractivity contribution in [3.63, 3.8) is 0 Å². The van der Waals surface area contributed by atoms with E-state index >= 15 is 0 Å². The highest BCUT2D eigenvalue weighted by molar-refractivity contribution is 5.80. The number of aromatic nitrogens is 1. The minimum atomic E-state index is -0.219. The summed E-state index contributed by atoms with van der Waals surface area (Å²) >= 11 is 0. The van der Waals surface area contributed by atoms with Gasteiger partial charge in [-0.3, -0.25) is 4.79 Å². The third-order valence-corrected chi connectivity index (χ3v) is 7.00. The summed E-state index contributed by atoms with van der Waals surface area (Å²) in [6, 6.07) is 15.4. The van der Waals surface area contributed by atoms with Crippen molar-refractivity contribution in [3.05, 3.63) is 59.9 Å². The van der Waals surface area contributed by atoms with Crippen LogP contribution in [0.2, 0.25) is 0 Å². The zero-order valence-corrected chi connectivity index (χ0v) is 18.4. The van der Waals surface area contributed by atoms with E-state index in [4.69, 9.17) is 4.42 Å². The van der Waals surface area contributed by atoms with Crippen molar-refractivity contribution in [2.75, 3.05) is 24.5 Å². The molecule has 5 nitrogen and oxygen atoms in total. The molecule has 6 heteroatoms. The average molecular weight is 436 g/mol. The average Bonchev–Trinajstić information content (AvgIpc) is 3.51. The summed E-state index contributed by atoms with van der Waals surface area (Å²) in [4.78, 5) is 22.5. The molecule has 2 aliphatic rings.